The van der Waals surface area contributed by atoms with E-state index in [9.17, 15) is 9.59 Å². The molecule has 2 rings (SSSR count). The fourth-order valence-corrected chi connectivity index (χ4v) is 2.35. The summed E-state index contributed by atoms with van der Waals surface area (Å²) in [5.41, 5.74) is 5.77. The maximum atomic E-state index is 12.3. The molecule has 0 aromatic carbocycles. The van der Waals surface area contributed by atoms with E-state index in [-0.39, 0.29) is 11.1 Å². The zero-order valence-corrected chi connectivity index (χ0v) is 10.6. The molecule has 0 bridgehead atoms. The van der Waals surface area contributed by atoms with Gasteiger partial charge in [-0.1, -0.05) is 11.6 Å². The van der Waals surface area contributed by atoms with Crippen molar-refractivity contribution in [3.8, 4) is 0 Å². The summed E-state index contributed by atoms with van der Waals surface area (Å²) in [5.74, 6) is -0.675. The van der Waals surface area contributed by atoms with Crippen molar-refractivity contribution in [2.75, 3.05) is 6.54 Å². The van der Waals surface area contributed by atoms with Crippen molar-refractivity contribution in [2.45, 2.75) is 25.3 Å². The van der Waals surface area contributed by atoms with Gasteiger partial charge in [0, 0.05) is 18.3 Å². The van der Waals surface area contributed by atoms with Gasteiger partial charge in [-0.05, 0) is 31.4 Å². The molecule has 6 heteroatoms. The molecule has 18 heavy (non-hydrogen) atoms. The van der Waals surface area contributed by atoms with Crippen LogP contribution in [0.2, 0.25) is 5.15 Å². The largest absolute Gasteiger partial charge is 0.368 e. The van der Waals surface area contributed by atoms with Gasteiger partial charge in [0.1, 0.15) is 11.2 Å². The number of carbonyl (C=O) groups is 2. The highest BCUT2D eigenvalue weighted by molar-refractivity contribution is 6.29. The van der Waals surface area contributed by atoms with Gasteiger partial charge in [0.05, 0.1) is 0 Å². The molecule has 2 amide bonds. The molecular weight excluding hydrogens is 254 g/mol. The SMILES string of the molecule is NC(=O)C1CCCCN1C(=O)c1ccnc(Cl)c1. The Bertz CT molecular complexity index is 478. The molecule has 96 valence electrons. The van der Waals surface area contributed by atoms with Crippen LogP contribution in [-0.2, 0) is 4.79 Å². The number of rotatable bonds is 2. The van der Waals surface area contributed by atoms with Gasteiger partial charge in [0.25, 0.3) is 5.91 Å². The van der Waals surface area contributed by atoms with Crippen LogP contribution < -0.4 is 5.73 Å². The smallest absolute Gasteiger partial charge is 0.254 e. The zero-order chi connectivity index (χ0) is 13.1. The number of nitrogens with two attached hydrogens (primary N) is 1. The fraction of sp³-hybridized carbons (Fsp3) is 0.417. The molecule has 2 heterocycles. The number of amides is 2. The van der Waals surface area contributed by atoms with E-state index in [2.05, 4.69) is 4.98 Å². The van der Waals surface area contributed by atoms with Crippen LogP contribution in [0.15, 0.2) is 18.3 Å². The molecule has 1 fully saturated rings. The number of aromatic nitrogens is 1. The zero-order valence-electron chi connectivity index (χ0n) is 9.80. The number of halogens is 1. The Hall–Kier alpha value is -1.62. The van der Waals surface area contributed by atoms with Gasteiger partial charge in [-0.15, -0.1) is 0 Å². The van der Waals surface area contributed by atoms with Crippen molar-refractivity contribution < 1.29 is 9.59 Å². The highest BCUT2D eigenvalue weighted by atomic mass is 35.5. The Morgan fingerprint density at radius 2 is 2.22 bits per heavy atom. The van der Waals surface area contributed by atoms with Crippen molar-refractivity contribution in [3.63, 3.8) is 0 Å². The first-order valence-electron chi connectivity index (χ1n) is 5.81. The summed E-state index contributed by atoms with van der Waals surface area (Å²) in [5, 5.41) is 0.258. The van der Waals surface area contributed by atoms with Crippen molar-refractivity contribution in [3.05, 3.63) is 29.0 Å². The van der Waals surface area contributed by atoms with Crippen molar-refractivity contribution in [1.29, 1.82) is 0 Å². The highest BCUT2D eigenvalue weighted by Crippen LogP contribution is 2.20. The lowest BCUT2D eigenvalue weighted by molar-refractivity contribution is -0.123. The van der Waals surface area contributed by atoms with E-state index in [4.69, 9.17) is 17.3 Å². The molecule has 0 saturated carbocycles. The third-order valence-electron chi connectivity index (χ3n) is 3.07. The van der Waals surface area contributed by atoms with E-state index in [1.54, 1.807) is 6.07 Å². The van der Waals surface area contributed by atoms with Crippen LogP contribution in [-0.4, -0.2) is 34.3 Å². The van der Waals surface area contributed by atoms with Crippen molar-refractivity contribution >= 4 is 23.4 Å². The molecule has 1 aliphatic rings. The van der Waals surface area contributed by atoms with E-state index in [0.29, 0.717) is 18.5 Å². The summed E-state index contributed by atoms with van der Waals surface area (Å²) in [6.07, 6.45) is 3.89. The topological polar surface area (TPSA) is 76.3 Å². The molecule has 1 atom stereocenters. The van der Waals surface area contributed by atoms with Crippen molar-refractivity contribution in [1.82, 2.24) is 9.88 Å². The number of hydrogen-bond donors (Lipinski definition) is 1. The standard InChI is InChI=1S/C12H14ClN3O2/c13-10-7-8(4-5-15-10)12(18)16-6-2-1-3-9(16)11(14)17/h4-5,7,9H,1-3,6H2,(H2,14,17). The number of nitrogens with zero attached hydrogens (tertiary/aromatic N) is 2. The molecule has 1 aromatic heterocycles. The van der Waals surface area contributed by atoms with E-state index in [0.717, 1.165) is 12.8 Å². The van der Waals surface area contributed by atoms with Gasteiger partial charge in [0.15, 0.2) is 0 Å². The maximum absolute atomic E-state index is 12.3. The average Bonchev–Trinajstić information content (AvgIpc) is 2.38. The lowest BCUT2D eigenvalue weighted by atomic mass is 10.0. The van der Waals surface area contributed by atoms with E-state index in [1.165, 1.54) is 17.2 Å². The second-order valence-electron chi connectivity index (χ2n) is 4.28. The first-order valence-corrected chi connectivity index (χ1v) is 6.19. The lowest BCUT2D eigenvalue weighted by Crippen LogP contribution is -2.50. The molecular formula is C12H14ClN3O2. The molecule has 0 radical (unpaired) electrons. The third kappa shape index (κ3) is 2.61. The second-order valence-corrected chi connectivity index (χ2v) is 4.67. The van der Waals surface area contributed by atoms with Gasteiger partial charge >= 0.3 is 0 Å². The van der Waals surface area contributed by atoms with Crippen LogP contribution in [0.1, 0.15) is 29.6 Å². The number of carbonyl (C=O) groups excluding carboxylic acids is 2. The molecule has 0 spiro atoms. The van der Waals surface area contributed by atoms with Crippen LogP contribution in [0.25, 0.3) is 0 Å². The van der Waals surface area contributed by atoms with Crippen LogP contribution in [0.5, 0.6) is 0 Å². The lowest BCUT2D eigenvalue weighted by Gasteiger charge is -2.33. The van der Waals surface area contributed by atoms with Crippen LogP contribution in [0, 0.1) is 0 Å². The Kier molecular flexibility index (Phi) is 3.81. The molecule has 1 aliphatic heterocycles. The summed E-state index contributed by atoms with van der Waals surface area (Å²) < 4.78 is 0. The molecule has 0 aliphatic carbocycles. The van der Waals surface area contributed by atoms with E-state index in [1.807, 2.05) is 0 Å². The number of piperidine rings is 1. The van der Waals surface area contributed by atoms with Crippen LogP contribution in [0.4, 0.5) is 0 Å². The first kappa shape index (κ1) is 12.8. The van der Waals surface area contributed by atoms with Crippen LogP contribution >= 0.6 is 11.6 Å². The minimum atomic E-state index is -0.516. The summed E-state index contributed by atoms with van der Waals surface area (Å²) in [7, 11) is 0. The molecule has 5 nitrogen and oxygen atoms in total. The number of hydrogen-bond acceptors (Lipinski definition) is 3. The average molecular weight is 268 g/mol. The van der Waals surface area contributed by atoms with E-state index < -0.39 is 11.9 Å². The summed E-state index contributed by atoms with van der Waals surface area (Å²) >= 11 is 5.75. The Balaban J connectivity index is 2.23. The molecule has 1 saturated heterocycles. The molecule has 1 unspecified atom stereocenters. The Morgan fingerprint density at radius 1 is 1.44 bits per heavy atom. The fourth-order valence-electron chi connectivity index (χ4n) is 2.17. The normalized spacial score (nSPS) is 19.6. The summed E-state index contributed by atoms with van der Waals surface area (Å²) in [6.45, 7) is 0.548. The highest BCUT2D eigenvalue weighted by Gasteiger charge is 2.31. The van der Waals surface area contributed by atoms with Crippen LogP contribution in [0.3, 0.4) is 0 Å². The predicted molar refractivity (Wildman–Crippen MR) is 67.1 cm³/mol. The quantitative estimate of drug-likeness (QED) is 0.819. The number of primary amides is 1. The van der Waals surface area contributed by atoms with Gasteiger partial charge in [-0.2, -0.15) is 0 Å². The third-order valence-corrected chi connectivity index (χ3v) is 3.27. The maximum Gasteiger partial charge on any atom is 0.254 e. The minimum absolute atomic E-state index is 0.220. The monoisotopic (exact) mass is 267 g/mol. The summed E-state index contributed by atoms with van der Waals surface area (Å²) in [6, 6.07) is 2.57. The Labute approximate surface area is 110 Å². The van der Waals surface area contributed by atoms with Gasteiger partial charge in [-0.25, -0.2) is 4.98 Å². The first-order chi connectivity index (χ1) is 8.59. The molecule has 2 N–H and O–H groups in total. The summed E-state index contributed by atoms with van der Waals surface area (Å²) in [4.78, 5) is 29.0. The van der Waals surface area contributed by atoms with Crippen molar-refractivity contribution in [2.24, 2.45) is 5.73 Å². The molecule has 1 aromatic rings. The second kappa shape index (κ2) is 5.35. The van der Waals surface area contributed by atoms with Gasteiger partial charge in [-0.3, -0.25) is 9.59 Å². The number of pyridine rings is 1. The minimum Gasteiger partial charge on any atom is -0.368 e. The van der Waals surface area contributed by atoms with Gasteiger partial charge in [0.2, 0.25) is 5.91 Å². The Morgan fingerprint density at radius 3 is 2.89 bits per heavy atom. The predicted octanol–water partition coefficient (Wildman–Crippen LogP) is 1.21. The number of likely N-dealkylation sites (tertiary alicyclic amines) is 1. The van der Waals surface area contributed by atoms with E-state index >= 15 is 0 Å². The van der Waals surface area contributed by atoms with Gasteiger partial charge < -0.3 is 10.6 Å².